The highest BCUT2D eigenvalue weighted by Crippen LogP contribution is 2.09. The number of esters is 1. The van der Waals surface area contributed by atoms with Gasteiger partial charge >= 0.3 is 5.97 Å². The van der Waals surface area contributed by atoms with Crippen LogP contribution in [0.1, 0.15) is 6.92 Å². The zero-order valence-electron chi connectivity index (χ0n) is 9.37. The number of hydrogen-bond donors (Lipinski definition) is 5. The number of aliphatic hydroxyl groups excluding tert-OH is 1. The van der Waals surface area contributed by atoms with Crippen LogP contribution in [0.5, 0.6) is 0 Å². The van der Waals surface area contributed by atoms with Gasteiger partial charge in [-0.2, -0.15) is 37.9 Å². The number of rotatable bonds is 7. The Labute approximate surface area is 117 Å². The first-order valence-electron chi connectivity index (χ1n) is 4.94. The first kappa shape index (κ1) is 16.9. The molecule has 0 radical (unpaired) electrons. The van der Waals surface area contributed by atoms with Crippen molar-refractivity contribution >= 4 is 49.8 Å². The van der Waals surface area contributed by atoms with Gasteiger partial charge < -0.3 is 15.2 Å². The maximum atomic E-state index is 11.6. The van der Waals surface area contributed by atoms with E-state index in [1.165, 1.54) is 6.92 Å². The monoisotopic (exact) mass is 299 g/mol. The zero-order chi connectivity index (χ0) is 13.4. The zero-order valence-corrected chi connectivity index (χ0v) is 12.1. The Morgan fingerprint density at radius 1 is 1.35 bits per heavy atom. The lowest BCUT2D eigenvalue weighted by atomic mass is 10.2. The number of ether oxygens (including phenoxy) is 1. The van der Waals surface area contributed by atoms with Crippen LogP contribution in [0, 0.1) is 0 Å². The normalized spacial score (nSPS) is 15.8. The van der Waals surface area contributed by atoms with Crippen molar-refractivity contribution in [1.29, 1.82) is 0 Å². The van der Waals surface area contributed by atoms with Crippen LogP contribution in [-0.2, 0) is 14.3 Å². The lowest BCUT2D eigenvalue weighted by Crippen LogP contribution is -2.45. The van der Waals surface area contributed by atoms with Crippen LogP contribution < -0.4 is 5.32 Å². The molecule has 0 spiro atoms. The average Bonchev–Trinajstić information content (AvgIpc) is 2.31. The highest BCUT2D eigenvalue weighted by atomic mass is 32.1. The van der Waals surface area contributed by atoms with Crippen molar-refractivity contribution in [2.24, 2.45) is 0 Å². The van der Waals surface area contributed by atoms with Crippen LogP contribution in [0.15, 0.2) is 0 Å². The highest BCUT2D eigenvalue weighted by Gasteiger charge is 2.26. The number of amides is 1. The van der Waals surface area contributed by atoms with Crippen LogP contribution in [0.4, 0.5) is 0 Å². The first-order chi connectivity index (χ1) is 7.96. The van der Waals surface area contributed by atoms with Crippen molar-refractivity contribution in [1.82, 2.24) is 5.32 Å². The number of carbonyl (C=O) groups is 2. The Kier molecular flexibility index (Phi) is 8.93. The molecule has 0 rings (SSSR count). The Bertz CT molecular complexity index is 265. The topological polar surface area (TPSA) is 75.6 Å². The van der Waals surface area contributed by atoms with Gasteiger partial charge in [0.25, 0.3) is 0 Å². The van der Waals surface area contributed by atoms with E-state index in [4.69, 9.17) is 9.84 Å². The maximum Gasteiger partial charge on any atom is 0.329 e. The highest BCUT2D eigenvalue weighted by molar-refractivity contribution is 7.84. The van der Waals surface area contributed by atoms with E-state index in [1.54, 1.807) is 0 Å². The van der Waals surface area contributed by atoms with Crippen LogP contribution >= 0.6 is 37.9 Å². The molecular formula is C9H17NO4S3. The van der Waals surface area contributed by atoms with E-state index in [-0.39, 0.29) is 23.5 Å². The van der Waals surface area contributed by atoms with Crippen LogP contribution in [-0.4, -0.2) is 52.5 Å². The second-order valence-electron chi connectivity index (χ2n) is 3.34. The molecular weight excluding hydrogens is 282 g/mol. The summed E-state index contributed by atoms with van der Waals surface area (Å²) in [6, 6.07) is -0.828. The van der Waals surface area contributed by atoms with E-state index < -0.39 is 18.1 Å². The van der Waals surface area contributed by atoms with E-state index in [0.717, 1.165) is 0 Å². The summed E-state index contributed by atoms with van der Waals surface area (Å²) in [5, 5.41) is 11.1. The van der Waals surface area contributed by atoms with Crippen molar-refractivity contribution < 1.29 is 19.4 Å². The number of nitrogens with one attached hydrogen (secondary N) is 1. The second kappa shape index (κ2) is 8.96. The maximum absolute atomic E-state index is 11.6. The van der Waals surface area contributed by atoms with Crippen molar-refractivity contribution in [3.63, 3.8) is 0 Å². The number of aliphatic hydroxyl groups is 1. The van der Waals surface area contributed by atoms with E-state index in [0.29, 0.717) is 5.75 Å². The van der Waals surface area contributed by atoms with Gasteiger partial charge in [0.05, 0.1) is 6.61 Å². The molecule has 0 aliphatic carbocycles. The Morgan fingerprint density at radius 3 is 2.29 bits per heavy atom. The van der Waals surface area contributed by atoms with Gasteiger partial charge in [0.1, 0.15) is 12.1 Å². The first-order valence-corrected chi connectivity index (χ1v) is 6.72. The standard InChI is InChI=1S/C9H17NO4S3/c1-5(12)10-6(3-15)9(13)14-7(2-11)8(17)4-16/h6-8,11,15-17H,2-4H2,1H3,(H,10,12)/t6-,7+,8+/m0/s1. The molecule has 3 atom stereocenters. The van der Waals surface area contributed by atoms with E-state index in [1.807, 2.05) is 0 Å². The molecule has 0 saturated heterocycles. The lowest BCUT2D eigenvalue weighted by Gasteiger charge is -2.23. The second-order valence-corrected chi connectivity index (χ2v) is 4.74. The van der Waals surface area contributed by atoms with Gasteiger partial charge in [-0.1, -0.05) is 0 Å². The van der Waals surface area contributed by atoms with Gasteiger partial charge in [0, 0.05) is 23.7 Å². The van der Waals surface area contributed by atoms with Crippen molar-refractivity contribution in [3.05, 3.63) is 0 Å². The third kappa shape index (κ3) is 6.44. The molecule has 0 saturated carbocycles. The molecule has 5 nitrogen and oxygen atoms in total. The number of carbonyl (C=O) groups excluding carboxylic acids is 2. The molecule has 0 heterocycles. The molecule has 17 heavy (non-hydrogen) atoms. The molecule has 8 heteroatoms. The molecule has 1 amide bonds. The minimum absolute atomic E-state index is 0.120. The summed E-state index contributed by atoms with van der Waals surface area (Å²) in [6.45, 7) is 0.947. The van der Waals surface area contributed by atoms with E-state index >= 15 is 0 Å². The average molecular weight is 299 g/mol. The fraction of sp³-hybridized carbons (Fsp3) is 0.778. The fourth-order valence-electron chi connectivity index (χ4n) is 1.01. The summed E-state index contributed by atoms with van der Waals surface area (Å²) >= 11 is 12.1. The Morgan fingerprint density at radius 2 is 1.94 bits per heavy atom. The molecule has 0 aliphatic heterocycles. The third-order valence-electron chi connectivity index (χ3n) is 1.91. The molecule has 0 aromatic rings. The van der Waals surface area contributed by atoms with E-state index in [2.05, 4.69) is 43.2 Å². The fourth-order valence-corrected chi connectivity index (χ4v) is 1.64. The lowest BCUT2D eigenvalue weighted by molar-refractivity contribution is -0.153. The molecule has 0 bridgehead atoms. The van der Waals surface area contributed by atoms with Gasteiger partial charge in [-0.25, -0.2) is 4.79 Å². The largest absolute Gasteiger partial charge is 0.457 e. The molecule has 0 unspecified atom stereocenters. The van der Waals surface area contributed by atoms with Gasteiger partial charge in [-0.3, -0.25) is 4.79 Å². The minimum Gasteiger partial charge on any atom is -0.457 e. The van der Waals surface area contributed by atoms with Crippen molar-refractivity contribution in [2.75, 3.05) is 18.1 Å². The van der Waals surface area contributed by atoms with Crippen LogP contribution in [0.25, 0.3) is 0 Å². The number of hydrogen-bond acceptors (Lipinski definition) is 7. The molecule has 0 fully saturated rings. The van der Waals surface area contributed by atoms with Gasteiger partial charge in [0.2, 0.25) is 5.91 Å². The molecule has 0 aliphatic rings. The Balaban J connectivity index is 4.41. The van der Waals surface area contributed by atoms with Crippen LogP contribution in [0.3, 0.4) is 0 Å². The van der Waals surface area contributed by atoms with Crippen molar-refractivity contribution in [2.45, 2.75) is 24.3 Å². The SMILES string of the molecule is CC(=O)N[C@@H](CS)C(=O)O[C@H](CO)[C@H](S)CS. The number of thiol groups is 3. The predicted octanol–water partition coefficient (Wildman–Crippen LogP) is -0.447. The Hall–Kier alpha value is -0.0500. The molecule has 2 N–H and O–H groups in total. The van der Waals surface area contributed by atoms with Gasteiger partial charge in [0.15, 0.2) is 0 Å². The van der Waals surface area contributed by atoms with Gasteiger partial charge in [-0.05, 0) is 0 Å². The minimum atomic E-state index is -0.828. The molecule has 0 aromatic heterocycles. The third-order valence-corrected chi connectivity index (χ3v) is 3.47. The van der Waals surface area contributed by atoms with Gasteiger partial charge in [-0.15, -0.1) is 0 Å². The summed E-state index contributed by atoms with van der Waals surface area (Å²) in [7, 11) is 0. The summed E-state index contributed by atoms with van der Waals surface area (Å²) in [4.78, 5) is 22.5. The summed E-state index contributed by atoms with van der Waals surface area (Å²) in [5.74, 6) is -0.518. The smallest absolute Gasteiger partial charge is 0.329 e. The molecule has 0 aromatic carbocycles. The summed E-state index contributed by atoms with van der Waals surface area (Å²) in [5.41, 5.74) is 0. The predicted molar refractivity (Wildman–Crippen MR) is 75.1 cm³/mol. The van der Waals surface area contributed by atoms with Crippen LogP contribution in [0.2, 0.25) is 0 Å². The van der Waals surface area contributed by atoms with E-state index in [9.17, 15) is 9.59 Å². The summed E-state index contributed by atoms with van der Waals surface area (Å²) < 4.78 is 5.03. The summed E-state index contributed by atoms with van der Waals surface area (Å²) in [6.07, 6.45) is -0.750. The molecule has 100 valence electrons. The van der Waals surface area contributed by atoms with Crippen molar-refractivity contribution in [3.8, 4) is 0 Å². The quantitative estimate of drug-likeness (QED) is 0.326.